The Labute approximate surface area is 169 Å². The van der Waals surface area contributed by atoms with Gasteiger partial charge in [0.1, 0.15) is 28.7 Å². The molecule has 0 aliphatic heterocycles. The van der Waals surface area contributed by atoms with Crippen molar-refractivity contribution in [3.63, 3.8) is 0 Å². The number of aryl methyl sites for hydroxylation is 2. The largest absolute Gasteiger partial charge is 0.452 e. The molecule has 1 N–H and O–H groups in total. The number of carbonyl (C=O) groups is 2. The third-order valence-corrected chi connectivity index (χ3v) is 4.37. The number of amides is 1. The van der Waals surface area contributed by atoms with Gasteiger partial charge in [-0.15, -0.1) is 0 Å². The second-order valence-corrected chi connectivity index (χ2v) is 6.55. The van der Waals surface area contributed by atoms with Crippen LogP contribution in [0, 0.1) is 25.5 Å². The molecule has 6 nitrogen and oxygen atoms in total. The molecule has 1 amide bonds. The third kappa shape index (κ3) is 4.43. The Kier molecular flexibility index (Phi) is 5.93. The van der Waals surface area contributed by atoms with Gasteiger partial charge in [-0.3, -0.25) is 4.79 Å². The molecule has 3 rings (SSSR count). The average Bonchev–Trinajstić information content (AvgIpc) is 3.04. The molecule has 0 radical (unpaired) electrons. The van der Waals surface area contributed by atoms with Gasteiger partial charge in [0, 0.05) is 5.69 Å². The van der Waals surface area contributed by atoms with Crippen LogP contribution in [0.25, 0.3) is 11.3 Å². The summed E-state index contributed by atoms with van der Waals surface area (Å²) in [6.45, 7) is 2.38. The summed E-state index contributed by atoms with van der Waals surface area (Å²) < 4.78 is 37.7. The summed E-state index contributed by atoms with van der Waals surface area (Å²) in [5, 5.41) is 6.15. The summed E-state index contributed by atoms with van der Waals surface area (Å²) in [6.07, 6.45) is 0. The molecular formula is C20H15ClF2N2O4. The van der Waals surface area contributed by atoms with E-state index in [9.17, 15) is 18.4 Å². The maximum absolute atomic E-state index is 14.2. The van der Waals surface area contributed by atoms with E-state index < -0.39 is 30.1 Å². The number of nitrogens with zero attached hydrogens (tertiary/aromatic N) is 1. The number of esters is 1. The minimum atomic E-state index is -0.941. The van der Waals surface area contributed by atoms with E-state index in [0.29, 0.717) is 5.56 Å². The lowest BCUT2D eigenvalue weighted by atomic mass is 10.1. The minimum absolute atomic E-state index is 0.0338. The fourth-order valence-electron chi connectivity index (χ4n) is 2.58. The van der Waals surface area contributed by atoms with Crippen molar-refractivity contribution in [3.05, 3.63) is 69.9 Å². The lowest BCUT2D eigenvalue weighted by molar-refractivity contribution is -0.119. The molecule has 0 bridgehead atoms. The van der Waals surface area contributed by atoms with Crippen molar-refractivity contribution in [3.8, 4) is 11.3 Å². The first kappa shape index (κ1) is 20.5. The Morgan fingerprint density at radius 1 is 1.17 bits per heavy atom. The van der Waals surface area contributed by atoms with Crippen molar-refractivity contribution in [1.82, 2.24) is 5.16 Å². The highest BCUT2D eigenvalue weighted by Crippen LogP contribution is 2.33. The Balaban J connectivity index is 1.74. The normalized spacial score (nSPS) is 10.7. The fraction of sp³-hybridized carbons (Fsp3) is 0.150. The number of benzene rings is 2. The van der Waals surface area contributed by atoms with Crippen LogP contribution in [0.15, 0.2) is 40.9 Å². The number of nitrogens with one attached hydrogen (secondary N) is 1. The zero-order valence-electron chi connectivity index (χ0n) is 15.4. The molecule has 150 valence electrons. The molecule has 0 unspecified atom stereocenters. The molecule has 2 aromatic carbocycles. The third-order valence-electron chi connectivity index (χ3n) is 4.06. The van der Waals surface area contributed by atoms with Crippen LogP contribution in [0.3, 0.4) is 0 Å². The quantitative estimate of drug-likeness (QED) is 0.606. The Bertz CT molecular complexity index is 1080. The smallest absolute Gasteiger partial charge is 0.344 e. The predicted octanol–water partition coefficient (Wildman–Crippen LogP) is 4.69. The topological polar surface area (TPSA) is 81.4 Å². The van der Waals surface area contributed by atoms with Gasteiger partial charge < -0.3 is 14.6 Å². The van der Waals surface area contributed by atoms with Crippen molar-refractivity contribution in [1.29, 1.82) is 0 Å². The van der Waals surface area contributed by atoms with E-state index in [-0.39, 0.29) is 33.3 Å². The van der Waals surface area contributed by atoms with E-state index in [1.807, 2.05) is 0 Å². The molecule has 1 heterocycles. The maximum Gasteiger partial charge on any atom is 0.344 e. The van der Waals surface area contributed by atoms with Crippen molar-refractivity contribution < 1.29 is 27.6 Å². The van der Waals surface area contributed by atoms with Gasteiger partial charge in [-0.05, 0) is 43.7 Å². The molecule has 0 aliphatic rings. The van der Waals surface area contributed by atoms with Gasteiger partial charge >= 0.3 is 5.97 Å². The Hall–Kier alpha value is -3.26. The molecule has 0 saturated carbocycles. The number of carbonyl (C=O) groups excluding carboxylic acids is 2. The highest BCUT2D eigenvalue weighted by atomic mass is 35.5. The number of ether oxygens (including phenoxy) is 1. The summed E-state index contributed by atoms with van der Waals surface area (Å²) in [6, 6.07) is 8.17. The number of halogens is 3. The summed E-state index contributed by atoms with van der Waals surface area (Å²) in [4.78, 5) is 24.5. The summed E-state index contributed by atoms with van der Waals surface area (Å²) in [7, 11) is 0. The van der Waals surface area contributed by atoms with Crippen LogP contribution < -0.4 is 5.32 Å². The first-order valence-corrected chi connectivity index (χ1v) is 8.79. The summed E-state index contributed by atoms with van der Waals surface area (Å²) in [5.41, 5.74) is 0.256. The first-order chi connectivity index (χ1) is 13.8. The zero-order chi connectivity index (χ0) is 21.1. The predicted molar refractivity (Wildman–Crippen MR) is 102 cm³/mol. The number of aromatic nitrogens is 1. The van der Waals surface area contributed by atoms with Crippen LogP contribution in [-0.4, -0.2) is 23.6 Å². The second kappa shape index (κ2) is 8.40. The molecule has 29 heavy (non-hydrogen) atoms. The van der Waals surface area contributed by atoms with E-state index in [1.165, 1.54) is 31.2 Å². The molecule has 3 aromatic rings. The van der Waals surface area contributed by atoms with Gasteiger partial charge in [0.15, 0.2) is 6.61 Å². The monoisotopic (exact) mass is 420 g/mol. The Morgan fingerprint density at radius 2 is 1.93 bits per heavy atom. The van der Waals surface area contributed by atoms with Crippen LogP contribution in [0.1, 0.15) is 21.7 Å². The molecule has 0 atom stereocenters. The van der Waals surface area contributed by atoms with Crippen LogP contribution in [-0.2, 0) is 9.53 Å². The van der Waals surface area contributed by atoms with E-state index in [0.717, 1.165) is 12.1 Å². The van der Waals surface area contributed by atoms with Crippen molar-refractivity contribution >= 4 is 29.2 Å². The van der Waals surface area contributed by atoms with Crippen molar-refractivity contribution in [2.75, 3.05) is 11.9 Å². The van der Waals surface area contributed by atoms with Gasteiger partial charge in [-0.2, -0.15) is 0 Å². The highest BCUT2D eigenvalue weighted by molar-refractivity contribution is 6.33. The van der Waals surface area contributed by atoms with Gasteiger partial charge in [0.05, 0.1) is 10.6 Å². The maximum atomic E-state index is 14.2. The average molecular weight is 421 g/mol. The van der Waals surface area contributed by atoms with E-state index in [4.69, 9.17) is 20.9 Å². The SMILES string of the molecule is Cc1ccc(NC(=O)COC(=O)c2c(-c3c(F)cccc3Cl)noc2C)cc1F. The zero-order valence-corrected chi connectivity index (χ0v) is 16.1. The van der Waals surface area contributed by atoms with Gasteiger partial charge in [0.25, 0.3) is 5.91 Å². The van der Waals surface area contributed by atoms with E-state index >= 15 is 0 Å². The minimum Gasteiger partial charge on any atom is -0.452 e. The molecule has 0 aliphatic carbocycles. The number of hydrogen-bond acceptors (Lipinski definition) is 5. The fourth-order valence-corrected chi connectivity index (χ4v) is 2.83. The molecular weight excluding hydrogens is 406 g/mol. The number of rotatable bonds is 5. The standard InChI is InChI=1S/C20H15ClF2N2O4/c1-10-6-7-12(8-15(10)23)24-16(26)9-28-20(27)17-11(2)29-25-19(17)18-13(21)4-3-5-14(18)22/h3-8H,9H2,1-2H3,(H,24,26). The lowest BCUT2D eigenvalue weighted by Gasteiger charge is -2.08. The Morgan fingerprint density at radius 3 is 2.62 bits per heavy atom. The number of hydrogen-bond donors (Lipinski definition) is 1. The van der Waals surface area contributed by atoms with E-state index in [2.05, 4.69) is 10.5 Å². The van der Waals surface area contributed by atoms with Crippen LogP contribution in [0.5, 0.6) is 0 Å². The van der Waals surface area contributed by atoms with Crippen LogP contribution in [0.2, 0.25) is 5.02 Å². The molecule has 0 spiro atoms. The molecule has 0 saturated heterocycles. The summed E-state index contributed by atoms with van der Waals surface area (Å²) in [5.74, 6) is -2.72. The van der Waals surface area contributed by atoms with Crippen LogP contribution >= 0.6 is 11.6 Å². The van der Waals surface area contributed by atoms with E-state index in [1.54, 1.807) is 6.92 Å². The lowest BCUT2D eigenvalue weighted by Crippen LogP contribution is -2.21. The van der Waals surface area contributed by atoms with Gasteiger partial charge in [0.2, 0.25) is 0 Å². The van der Waals surface area contributed by atoms with Crippen molar-refractivity contribution in [2.24, 2.45) is 0 Å². The second-order valence-electron chi connectivity index (χ2n) is 6.15. The summed E-state index contributed by atoms with van der Waals surface area (Å²) >= 11 is 6.02. The highest BCUT2D eigenvalue weighted by Gasteiger charge is 2.27. The first-order valence-electron chi connectivity index (χ1n) is 8.41. The van der Waals surface area contributed by atoms with Crippen LogP contribution in [0.4, 0.5) is 14.5 Å². The molecule has 9 heteroatoms. The molecule has 0 fully saturated rings. The number of anilines is 1. The van der Waals surface area contributed by atoms with Gasteiger partial charge in [-0.1, -0.05) is 28.9 Å². The molecule has 1 aromatic heterocycles. The van der Waals surface area contributed by atoms with Crippen molar-refractivity contribution in [2.45, 2.75) is 13.8 Å². The van der Waals surface area contributed by atoms with Gasteiger partial charge in [-0.25, -0.2) is 13.6 Å².